The lowest BCUT2D eigenvalue weighted by molar-refractivity contribution is 0.0827. The first-order valence-corrected chi connectivity index (χ1v) is 9.91. The van der Waals surface area contributed by atoms with Crippen molar-refractivity contribution in [1.82, 2.24) is 9.88 Å². The van der Waals surface area contributed by atoms with Crippen LogP contribution in [-0.4, -0.2) is 40.8 Å². The van der Waals surface area contributed by atoms with E-state index >= 15 is 0 Å². The molecule has 0 radical (unpaired) electrons. The predicted molar refractivity (Wildman–Crippen MR) is 119 cm³/mol. The maximum absolute atomic E-state index is 12.3. The molecule has 1 heterocycles. The Hall–Kier alpha value is -3.47. The van der Waals surface area contributed by atoms with E-state index in [1.807, 2.05) is 55.5 Å². The van der Waals surface area contributed by atoms with Gasteiger partial charge in [0.05, 0.1) is 5.71 Å². The second-order valence-electron chi connectivity index (χ2n) is 7.67. The third-order valence-electron chi connectivity index (χ3n) is 5.28. The van der Waals surface area contributed by atoms with Gasteiger partial charge in [0.2, 0.25) is 0 Å². The lowest BCUT2D eigenvalue weighted by Gasteiger charge is -2.21. The molecule has 0 aliphatic heterocycles. The molecule has 30 heavy (non-hydrogen) atoms. The number of hydrogen-bond acceptors (Lipinski definition) is 4. The highest BCUT2D eigenvalue weighted by molar-refractivity contribution is 6.01. The lowest BCUT2D eigenvalue weighted by atomic mass is 9.83. The van der Waals surface area contributed by atoms with Crippen molar-refractivity contribution >= 4 is 11.6 Å². The van der Waals surface area contributed by atoms with E-state index in [2.05, 4.69) is 29.2 Å². The number of rotatable bonds is 6. The van der Waals surface area contributed by atoms with Gasteiger partial charge in [-0.1, -0.05) is 41.6 Å². The molecular formula is C25H27N3O2. The summed E-state index contributed by atoms with van der Waals surface area (Å²) in [4.78, 5) is 18.1. The molecule has 1 N–H and O–H groups in total. The Kier molecular flexibility index (Phi) is 6.62. The Bertz CT molecular complexity index is 1060. The van der Waals surface area contributed by atoms with Gasteiger partial charge < -0.3 is 10.1 Å². The van der Waals surface area contributed by atoms with Crippen LogP contribution in [0, 0.1) is 13.8 Å². The van der Waals surface area contributed by atoms with Crippen molar-refractivity contribution < 1.29 is 10.0 Å². The average molecular weight is 402 g/mol. The minimum atomic E-state index is -0.0288. The van der Waals surface area contributed by atoms with Crippen LogP contribution in [0.4, 0.5) is 0 Å². The predicted octanol–water partition coefficient (Wildman–Crippen LogP) is 4.80. The first-order chi connectivity index (χ1) is 14.4. The highest BCUT2D eigenvalue weighted by Crippen LogP contribution is 2.32. The van der Waals surface area contributed by atoms with Gasteiger partial charge in [-0.25, -0.2) is 0 Å². The Morgan fingerprint density at radius 2 is 1.73 bits per heavy atom. The fraction of sp³-hybridized carbons (Fsp3) is 0.240. The summed E-state index contributed by atoms with van der Waals surface area (Å²) in [6, 6.07) is 19.7. The molecule has 1 aromatic heterocycles. The molecule has 1 unspecified atom stereocenters. The third kappa shape index (κ3) is 4.74. The van der Waals surface area contributed by atoms with E-state index in [9.17, 15) is 10.0 Å². The molecule has 0 spiro atoms. The van der Waals surface area contributed by atoms with E-state index in [1.165, 1.54) is 5.56 Å². The van der Waals surface area contributed by atoms with Crippen LogP contribution in [0.15, 0.2) is 72.0 Å². The van der Waals surface area contributed by atoms with E-state index < -0.39 is 0 Å². The summed E-state index contributed by atoms with van der Waals surface area (Å²) in [5, 5.41) is 13.4. The second kappa shape index (κ2) is 9.35. The first-order valence-electron chi connectivity index (χ1n) is 9.91. The van der Waals surface area contributed by atoms with Gasteiger partial charge in [0, 0.05) is 49.5 Å². The van der Waals surface area contributed by atoms with Crippen LogP contribution in [0.2, 0.25) is 0 Å². The topological polar surface area (TPSA) is 65.8 Å². The number of hydrogen-bond donors (Lipinski definition) is 1. The standard InChI is InChI=1S/C25H27N3O2/c1-17-7-5-6-8-22(17)23(16-24(27-30)21-13-14-26-18(2)15-21)19-9-11-20(12-10-19)25(29)28(3)4/h5-15,23,30H,16H2,1-4H3/b27-24-. The quantitative estimate of drug-likeness (QED) is 0.366. The van der Waals surface area contributed by atoms with E-state index in [-0.39, 0.29) is 11.8 Å². The maximum Gasteiger partial charge on any atom is 0.253 e. The van der Waals surface area contributed by atoms with Gasteiger partial charge in [0.25, 0.3) is 5.91 Å². The molecule has 0 aliphatic carbocycles. The van der Waals surface area contributed by atoms with Crippen LogP contribution in [0.3, 0.4) is 0 Å². The number of amides is 1. The second-order valence-corrected chi connectivity index (χ2v) is 7.67. The van der Waals surface area contributed by atoms with Gasteiger partial charge in [0.15, 0.2) is 0 Å². The average Bonchev–Trinajstić information content (AvgIpc) is 2.75. The minimum absolute atomic E-state index is 0.0194. The normalized spacial score (nSPS) is 12.5. The molecule has 2 aromatic carbocycles. The SMILES string of the molecule is Cc1cc(/C(CC(c2ccc(C(=O)N(C)C)cc2)c2ccccc2C)=N\O)ccn1. The summed E-state index contributed by atoms with van der Waals surface area (Å²) in [5.41, 5.74) is 6.35. The summed E-state index contributed by atoms with van der Waals surface area (Å²) in [6.07, 6.45) is 2.24. The summed E-state index contributed by atoms with van der Waals surface area (Å²) in [7, 11) is 3.49. The molecule has 5 nitrogen and oxygen atoms in total. The van der Waals surface area contributed by atoms with Gasteiger partial charge in [-0.2, -0.15) is 0 Å². The van der Waals surface area contributed by atoms with E-state index in [4.69, 9.17) is 0 Å². The van der Waals surface area contributed by atoms with Crippen molar-refractivity contribution in [3.63, 3.8) is 0 Å². The number of oxime groups is 1. The number of carbonyl (C=O) groups excluding carboxylic acids is 1. The van der Waals surface area contributed by atoms with Crippen LogP contribution >= 0.6 is 0 Å². The molecule has 1 atom stereocenters. The Labute approximate surface area is 177 Å². The van der Waals surface area contributed by atoms with Crippen molar-refractivity contribution in [3.8, 4) is 0 Å². The minimum Gasteiger partial charge on any atom is -0.411 e. The zero-order valence-electron chi connectivity index (χ0n) is 17.8. The van der Waals surface area contributed by atoms with Gasteiger partial charge >= 0.3 is 0 Å². The zero-order valence-corrected chi connectivity index (χ0v) is 17.8. The van der Waals surface area contributed by atoms with E-state index in [1.54, 1.807) is 25.2 Å². The maximum atomic E-state index is 12.3. The lowest BCUT2D eigenvalue weighted by Crippen LogP contribution is -2.21. The van der Waals surface area contributed by atoms with Crippen molar-refractivity contribution in [2.24, 2.45) is 5.16 Å². The number of nitrogens with zero attached hydrogens (tertiary/aromatic N) is 3. The smallest absolute Gasteiger partial charge is 0.253 e. The summed E-state index contributed by atoms with van der Waals surface area (Å²) in [5.74, 6) is -0.0482. The number of aryl methyl sites for hydroxylation is 2. The summed E-state index contributed by atoms with van der Waals surface area (Å²) >= 11 is 0. The Morgan fingerprint density at radius 1 is 1.03 bits per heavy atom. The molecule has 3 rings (SSSR count). The first kappa shape index (κ1) is 21.2. The molecule has 5 heteroatoms. The van der Waals surface area contributed by atoms with Crippen LogP contribution < -0.4 is 0 Å². The fourth-order valence-electron chi connectivity index (χ4n) is 3.64. The summed E-state index contributed by atoms with van der Waals surface area (Å²) < 4.78 is 0. The number of carbonyl (C=O) groups is 1. The van der Waals surface area contributed by atoms with Gasteiger partial charge in [-0.05, 0) is 54.8 Å². The molecule has 3 aromatic rings. The van der Waals surface area contributed by atoms with Crippen LogP contribution in [0.25, 0.3) is 0 Å². The van der Waals surface area contributed by atoms with Crippen LogP contribution in [-0.2, 0) is 0 Å². The monoisotopic (exact) mass is 401 g/mol. The molecule has 0 saturated carbocycles. The van der Waals surface area contributed by atoms with Crippen molar-refractivity contribution in [2.45, 2.75) is 26.2 Å². The third-order valence-corrected chi connectivity index (χ3v) is 5.28. The van der Waals surface area contributed by atoms with Crippen molar-refractivity contribution in [2.75, 3.05) is 14.1 Å². The molecule has 0 fully saturated rings. The Morgan fingerprint density at radius 3 is 2.33 bits per heavy atom. The van der Waals surface area contributed by atoms with Crippen LogP contribution in [0.1, 0.15) is 50.6 Å². The summed E-state index contributed by atoms with van der Waals surface area (Å²) in [6.45, 7) is 4.00. The molecule has 0 aliphatic rings. The number of benzene rings is 2. The highest BCUT2D eigenvalue weighted by Gasteiger charge is 2.21. The largest absolute Gasteiger partial charge is 0.411 e. The van der Waals surface area contributed by atoms with Crippen molar-refractivity contribution in [3.05, 3.63) is 100 Å². The number of aromatic nitrogens is 1. The van der Waals surface area contributed by atoms with Gasteiger partial charge in [-0.3, -0.25) is 9.78 Å². The van der Waals surface area contributed by atoms with E-state index in [0.29, 0.717) is 17.7 Å². The molecular weight excluding hydrogens is 374 g/mol. The van der Waals surface area contributed by atoms with Crippen LogP contribution in [0.5, 0.6) is 0 Å². The molecule has 0 saturated heterocycles. The highest BCUT2D eigenvalue weighted by atomic mass is 16.4. The fourth-order valence-corrected chi connectivity index (χ4v) is 3.64. The zero-order chi connectivity index (χ0) is 21.7. The van der Waals surface area contributed by atoms with E-state index in [0.717, 1.165) is 22.4 Å². The van der Waals surface area contributed by atoms with Gasteiger partial charge in [-0.15, -0.1) is 0 Å². The molecule has 0 bridgehead atoms. The Balaban J connectivity index is 2.01. The molecule has 154 valence electrons. The molecule has 1 amide bonds. The van der Waals surface area contributed by atoms with Gasteiger partial charge in [0.1, 0.15) is 0 Å². The number of pyridine rings is 1. The van der Waals surface area contributed by atoms with Crippen molar-refractivity contribution in [1.29, 1.82) is 0 Å².